The van der Waals surface area contributed by atoms with E-state index >= 15 is 0 Å². The maximum atomic E-state index is 11.9. The number of benzene rings is 1. The van der Waals surface area contributed by atoms with Crippen molar-refractivity contribution >= 4 is 16.9 Å². The normalized spacial score (nSPS) is 14.6. The number of nitrogens with one attached hydrogen (secondary N) is 1. The molecule has 0 spiro atoms. The van der Waals surface area contributed by atoms with E-state index in [0.29, 0.717) is 32.2 Å². The Balaban J connectivity index is 1.39. The van der Waals surface area contributed by atoms with Gasteiger partial charge in [0.15, 0.2) is 5.66 Å². The molecule has 0 radical (unpaired) electrons. The largest absolute Gasteiger partial charge is 0.461 e. The van der Waals surface area contributed by atoms with Crippen molar-refractivity contribution < 1.29 is 9.21 Å². The van der Waals surface area contributed by atoms with E-state index in [-0.39, 0.29) is 11.6 Å². The van der Waals surface area contributed by atoms with Gasteiger partial charge in [-0.1, -0.05) is 18.2 Å². The number of rotatable bonds is 8. The summed E-state index contributed by atoms with van der Waals surface area (Å²) in [7, 11) is 0. The van der Waals surface area contributed by atoms with Crippen LogP contribution in [0.15, 0.2) is 45.0 Å². The van der Waals surface area contributed by atoms with E-state index in [1.54, 1.807) is 0 Å². The van der Waals surface area contributed by atoms with Gasteiger partial charge < -0.3 is 9.73 Å². The quantitative estimate of drug-likeness (QED) is 0.759. The van der Waals surface area contributed by atoms with Crippen molar-refractivity contribution in [1.29, 1.82) is 0 Å². The maximum absolute atomic E-state index is 11.9. The van der Waals surface area contributed by atoms with Gasteiger partial charge in [0.1, 0.15) is 11.3 Å². The Kier molecular flexibility index (Phi) is 4.42. The molecule has 2 aromatic rings. The summed E-state index contributed by atoms with van der Waals surface area (Å²) in [6, 6.07) is 9.89. The number of hydrogen-bond acceptors (Lipinski definition) is 4. The summed E-state index contributed by atoms with van der Waals surface area (Å²) in [5.74, 6) is 3.48. The van der Waals surface area contributed by atoms with Crippen LogP contribution in [0.1, 0.15) is 31.4 Å². The van der Waals surface area contributed by atoms with E-state index in [2.05, 4.69) is 21.5 Å². The monoisotopic (exact) mass is 309 g/mol. The number of nitrogens with zero attached hydrogens (tertiary/aromatic N) is 2. The molecule has 5 nitrogen and oxygen atoms in total. The number of carbonyl (C=O) groups is 1. The van der Waals surface area contributed by atoms with Crippen molar-refractivity contribution in [3.8, 4) is 12.3 Å². The van der Waals surface area contributed by atoms with Crippen LogP contribution in [0.25, 0.3) is 11.0 Å². The lowest BCUT2D eigenvalue weighted by molar-refractivity contribution is -0.121. The van der Waals surface area contributed by atoms with Crippen molar-refractivity contribution in [1.82, 2.24) is 5.32 Å². The molecule has 1 aromatic heterocycles. The summed E-state index contributed by atoms with van der Waals surface area (Å²) >= 11 is 0. The molecule has 23 heavy (non-hydrogen) atoms. The number of para-hydroxylation sites is 1. The first-order chi connectivity index (χ1) is 11.2. The Hall–Kier alpha value is -2.61. The Morgan fingerprint density at radius 1 is 1.30 bits per heavy atom. The molecule has 2 heterocycles. The van der Waals surface area contributed by atoms with Gasteiger partial charge in [0, 0.05) is 44.0 Å². The van der Waals surface area contributed by atoms with Crippen LogP contribution in [-0.4, -0.2) is 18.1 Å². The van der Waals surface area contributed by atoms with Gasteiger partial charge in [-0.05, 0) is 12.1 Å². The van der Waals surface area contributed by atoms with Gasteiger partial charge in [0.2, 0.25) is 5.91 Å². The zero-order valence-electron chi connectivity index (χ0n) is 12.9. The minimum atomic E-state index is -0.386. The van der Waals surface area contributed by atoms with Crippen molar-refractivity contribution in [2.24, 2.45) is 10.2 Å². The second kappa shape index (κ2) is 6.66. The highest BCUT2D eigenvalue weighted by molar-refractivity contribution is 5.78. The fourth-order valence-corrected chi connectivity index (χ4v) is 2.56. The number of carbonyl (C=O) groups excluding carboxylic acids is 1. The molecule has 0 saturated carbocycles. The van der Waals surface area contributed by atoms with Crippen LogP contribution in [0.3, 0.4) is 0 Å². The number of amides is 1. The number of hydrogen-bond donors (Lipinski definition) is 1. The first-order valence-electron chi connectivity index (χ1n) is 7.82. The molecule has 1 amide bonds. The highest BCUT2D eigenvalue weighted by Gasteiger charge is 2.39. The summed E-state index contributed by atoms with van der Waals surface area (Å²) in [5.41, 5.74) is 0.490. The number of fused-ring (bicyclic) bond motifs is 1. The zero-order valence-corrected chi connectivity index (χ0v) is 12.9. The molecule has 0 aliphatic carbocycles. The minimum absolute atomic E-state index is 0.0125. The summed E-state index contributed by atoms with van der Waals surface area (Å²) in [5, 5.41) is 12.1. The summed E-state index contributed by atoms with van der Waals surface area (Å²) in [6.07, 6.45) is 8.34. The Labute approximate surface area is 135 Å². The summed E-state index contributed by atoms with van der Waals surface area (Å²) < 4.78 is 5.72. The minimum Gasteiger partial charge on any atom is -0.461 e. The van der Waals surface area contributed by atoms with E-state index in [1.165, 1.54) is 0 Å². The first kappa shape index (κ1) is 15.3. The highest BCUT2D eigenvalue weighted by Crippen LogP contribution is 2.37. The van der Waals surface area contributed by atoms with Crippen LogP contribution in [0.5, 0.6) is 0 Å². The van der Waals surface area contributed by atoms with Gasteiger partial charge in [-0.3, -0.25) is 4.79 Å². The second-order valence-corrected chi connectivity index (χ2v) is 5.74. The van der Waals surface area contributed by atoms with Crippen LogP contribution < -0.4 is 5.32 Å². The predicted molar refractivity (Wildman–Crippen MR) is 87.8 cm³/mol. The molecular weight excluding hydrogens is 290 g/mol. The number of terminal acetylenes is 1. The van der Waals surface area contributed by atoms with E-state index in [0.717, 1.165) is 23.2 Å². The zero-order chi connectivity index (χ0) is 16.1. The predicted octanol–water partition coefficient (Wildman–Crippen LogP) is 3.45. The SMILES string of the molecule is C#CCCC1(CCC(=O)NCCc2cc3ccccc3o2)N=N1. The van der Waals surface area contributed by atoms with E-state index in [1.807, 2.05) is 30.3 Å². The Morgan fingerprint density at radius 3 is 2.87 bits per heavy atom. The van der Waals surface area contributed by atoms with Crippen LogP contribution >= 0.6 is 0 Å². The Bertz CT molecular complexity index is 731. The smallest absolute Gasteiger partial charge is 0.220 e. The topological polar surface area (TPSA) is 67.0 Å². The molecule has 0 unspecified atom stereocenters. The highest BCUT2D eigenvalue weighted by atomic mass is 16.3. The molecule has 1 aromatic carbocycles. The van der Waals surface area contributed by atoms with Crippen molar-refractivity contribution in [2.45, 2.75) is 37.8 Å². The fraction of sp³-hybridized carbons (Fsp3) is 0.389. The maximum Gasteiger partial charge on any atom is 0.220 e. The average molecular weight is 309 g/mol. The van der Waals surface area contributed by atoms with Crippen molar-refractivity contribution in [2.75, 3.05) is 6.54 Å². The van der Waals surface area contributed by atoms with Gasteiger partial charge in [-0.2, -0.15) is 10.2 Å². The third-order valence-electron chi connectivity index (χ3n) is 3.98. The molecule has 0 saturated heterocycles. The van der Waals surface area contributed by atoms with Gasteiger partial charge in [-0.25, -0.2) is 0 Å². The lowest BCUT2D eigenvalue weighted by atomic mass is 10.0. The first-order valence-corrected chi connectivity index (χ1v) is 7.82. The summed E-state index contributed by atoms with van der Waals surface area (Å²) in [4.78, 5) is 11.9. The van der Waals surface area contributed by atoms with Gasteiger partial charge in [-0.15, -0.1) is 12.3 Å². The molecule has 0 fully saturated rings. The third-order valence-corrected chi connectivity index (χ3v) is 3.98. The van der Waals surface area contributed by atoms with E-state index < -0.39 is 0 Å². The molecule has 1 aliphatic rings. The standard InChI is InChI=1S/C18H19N3O2/c1-2-3-10-18(20-21-18)11-8-17(22)19-12-9-15-13-14-6-4-5-7-16(14)23-15/h1,4-7,13H,3,8-12H2,(H,19,22). The lowest BCUT2D eigenvalue weighted by Gasteiger charge is -2.08. The van der Waals surface area contributed by atoms with E-state index in [4.69, 9.17) is 10.8 Å². The molecule has 0 bridgehead atoms. The molecular formula is C18H19N3O2. The van der Waals surface area contributed by atoms with Gasteiger partial charge >= 0.3 is 0 Å². The molecule has 5 heteroatoms. The van der Waals surface area contributed by atoms with Crippen LogP contribution in [0, 0.1) is 12.3 Å². The molecule has 0 atom stereocenters. The van der Waals surface area contributed by atoms with E-state index in [9.17, 15) is 4.79 Å². The van der Waals surface area contributed by atoms with Crippen molar-refractivity contribution in [3.63, 3.8) is 0 Å². The lowest BCUT2D eigenvalue weighted by Crippen LogP contribution is -2.27. The average Bonchev–Trinajstić information content (AvgIpc) is 3.21. The number of furan rings is 1. The molecule has 118 valence electrons. The fourth-order valence-electron chi connectivity index (χ4n) is 2.56. The molecule has 1 N–H and O–H groups in total. The Morgan fingerprint density at radius 2 is 2.13 bits per heavy atom. The van der Waals surface area contributed by atoms with Crippen LogP contribution in [0.2, 0.25) is 0 Å². The third kappa shape index (κ3) is 3.98. The second-order valence-electron chi connectivity index (χ2n) is 5.74. The van der Waals surface area contributed by atoms with Crippen molar-refractivity contribution in [3.05, 3.63) is 36.1 Å². The molecule has 1 aliphatic heterocycles. The van der Waals surface area contributed by atoms with Crippen LogP contribution in [0.4, 0.5) is 0 Å². The van der Waals surface area contributed by atoms with Gasteiger partial charge in [0.25, 0.3) is 0 Å². The summed E-state index contributed by atoms with van der Waals surface area (Å²) in [6.45, 7) is 0.560. The van der Waals surface area contributed by atoms with Gasteiger partial charge in [0.05, 0.1) is 0 Å². The molecule has 3 rings (SSSR count). The van der Waals surface area contributed by atoms with Crippen LogP contribution in [-0.2, 0) is 11.2 Å².